The summed E-state index contributed by atoms with van der Waals surface area (Å²) in [5, 5.41) is 11.1. The summed E-state index contributed by atoms with van der Waals surface area (Å²) >= 11 is 5.80. The number of carbonyl (C=O) groups excluding carboxylic acids is 1. The molecule has 2 aliphatic carbocycles. The van der Waals surface area contributed by atoms with Gasteiger partial charge in [0.1, 0.15) is 0 Å². The molecule has 5 nitrogen and oxygen atoms in total. The van der Waals surface area contributed by atoms with Crippen LogP contribution < -0.4 is 16.0 Å². The molecule has 152 valence electrons. The van der Waals surface area contributed by atoms with E-state index >= 15 is 0 Å². The summed E-state index contributed by atoms with van der Waals surface area (Å²) in [5.41, 5.74) is 0. The zero-order valence-electron chi connectivity index (χ0n) is 16.5. The molecule has 2 aliphatic heterocycles. The largest absolute Gasteiger partial charge is 0.360 e. The highest BCUT2D eigenvalue weighted by Crippen LogP contribution is 2.36. The maximum absolute atomic E-state index is 12.4. The van der Waals surface area contributed by atoms with Gasteiger partial charge in [0.05, 0.1) is 0 Å². The third-order valence-electron chi connectivity index (χ3n) is 7.18. The highest BCUT2D eigenvalue weighted by molar-refractivity contribution is 7.80. The molecule has 2 amide bonds. The summed E-state index contributed by atoms with van der Waals surface area (Å²) < 4.78 is 0. The van der Waals surface area contributed by atoms with Crippen LogP contribution in [0.2, 0.25) is 0 Å². The van der Waals surface area contributed by atoms with Gasteiger partial charge >= 0.3 is 6.03 Å². The minimum atomic E-state index is 0.0441. The van der Waals surface area contributed by atoms with E-state index in [1.165, 1.54) is 64.2 Å². The number of carbonyl (C=O) groups is 1. The average Bonchev–Trinajstić information content (AvgIpc) is 2.94. The Morgan fingerprint density at radius 1 is 0.667 bits per heavy atom. The SMILES string of the molecule is O=C(NC1CCCCC1)NC1CC2CCC(C1)N2C(=S)NC1CCCCC1. The number of hydrogen-bond acceptors (Lipinski definition) is 2. The van der Waals surface area contributed by atoms with E-state index in [1.807, 2.05) is 0 Å². The van der Waals surface area contributed by atoms with E-state index in [0.29, 0.717) is 30.2 Å². The average molecular weight is 393 g/mol. The predicted octanol–water partition coefficient (Wildman–Crippen LogP) is 3.82. The molecule has 6 heteroatoms. The van der Waals surface area contributed by atoms with Crippen molar-refractivity contribution >= 4 is 23.4 Å². The normalized spacial score (nSPS) is 32.1. The van der Waals surface area contributed by atoms with E-state index in [4.69, 9.17) is 12.2 Å². The van der Waals surface area contributed by atoms with Crippen molar-refractivity contribution in [1.82, 2.24) is 20.9 Å². The highest BCUT2D eigenvalue weighted by Gasteiger charge is 2.42. The van der Waals surface area contributed by atoms with Gasteiger partial charge in [-0.1, -0.05) is 38.5 Å². The number of nitrogens with one attached hydrogen (secondary N) is 3. The first-order valence-electron chi connectivity index (χ1n) is 11.3. The Balaban J connectivity index is 1.25. The van der Waals surface area contributed by atoms with Crippen molar-refractivity contribution in [1.29, 1.82) is 0 Å². The van der Waals surface area contributed by atoms with Crippen LogP contribution in [0.1, 0.15) is 89.9 Å². The summed E-state index contributed by atoms with van der Waals surface area (Å²) in [7, 11) is 0. The Morgan fingerprint density at radius 2 is 1.15 bits per heavy atom. The number of fused-ring (bicyclic) bond motifs is 2. The minimum absolute atomic E-state index is 0.0441. The van der Waals surface area contributed by atoms with Crippen molar-refractivity contribution in [3.05, 3.63) is 0 Å². The fourth-order valence-electron chi connectivity index (χ4n) is 5.78. The van der Waals surface area contributed by atoms with Crippen LogP contribution in [-0.4, -0.2) is 46.3 Å². The monoisotopic (exact) mass is 392 g/mol. The lowest BCUT2D eigenvalue weighted by Crippen LogP contribution is -2.57. The molecular weight excluding hydrogens is 356 g/mol. The smallest absolute Gasteiger partial charge is 0.315 e. The lowest BCUT2D eigenvalue weighted by molar-refractivity contribution is 0.184. The Kier molecular flexibility index (Phi) is 6.41. The molecule has 0 aromatic rings. The molecule has 2 bridgehead atoms. The molecule has 2 unspecified atom stereocenters. The van der Waals surface area contributed by atoms with Crippen LogP contribution in [0.4, 0.5) is 4.79 Å². The summed E-state index contributed by atoms with van der Waals surface area (Å²) in [5.74, 6) is 0. The van der Waals surface area contributed by atoms with Crippen LogP contribution in [0.5, 0.6) is 0 Å². The predicted molar refractivity (Wildman–Crippen MR) is 113 cm³/mol. The molecule has 2 heterocycles. The molecule has 4 aliphatic rings. The van der Waals surface area contributed by atoms with E-state index < -0.39 is 0 Å². The second-order valence-electron chi connectivity index (χ2n) is 9.20. The molecule has 0 radical (unpaired) electrons. The van der Waals surface area contributed by atoms with E-state index in [9.17, 15) is 4.79 Å². The third-order valence-corrected chi connectivity index (χ3v) is 7.50. The van der Waals surface area contributed by atoms with Crippen LogP contribution in [0.25, 0.3) is 0 Å². The molecule has 0 aromatic heterocycles. The van der Waals surface area contributed by atoms with E-state index in [2.05, 4.69) is 20.9 Å². The van der Waals surface area contributed by atoms with Gasteiger partial charge in [-0.05, 0) is 63.6 Å². The maximum atomic E-state index is 12.4. The number of urea groups is 1. The van der Waals surface area contributed by atoms with Gasteiger partial charge in [0.15, 0.2) is 5.11 Å². The summed E-state index contributed by atoms with van der Waals surface area (Å²) in [4.78, 5) is 14.9. The zero-order valence-corrected chi connectivity index (χ0v) is 17.4. The van der Waals surface area contributed by atoms with Crippen molar-refractivity contribution in [2.24, 2.45) is 0 Å². The van der Waals surface area contributed by atoms with Crippen molar-refractivity contribution in [2.75, 3.05) is 0 Å². The van der Waals surface area contributed by atoms with Gasteiger partial charge in [0.2, 0.25) is 0 Å². The van der Waals surface area contributed by atoms with E-state index in [1.54, 1.807) is 0 Å². The molecule has 0 aromatic carbocycles. The maximum Gasteiger partial charge on any atom is 0.315 e. The van der Waals surface area contributed by atoms with Crippen molar-refractivity contribution < 1.29 is 4.79 Å². The van der Waals surface area contributed by atoms with Crippen LogP contribution in [0.15, 0.2) is 0 Å². The Labute approximate surface area is 169 Å². The van der Waals surface area contributed by atoms with Crippen LogP contribution in [0, 0.1) is 0 Å². The van der Waals surface area contributed by atoms with Gasteiger partial charge in [-0.15, -0.1) is 0 Å². The Morgan fingerprint density at radius 3 is 1.70 bits per heavy atom. The molecule has 4 fully saturated rings. The second-order valence-corrected chi connectivity index (χ2v) is 9.58. The molecule has 3 N–H and O–H groups in total. The molecule has 2 atom stereocenters. The van der Waals surface area contributed by atoms with Crippen molar-refractivity contribution in [3.8, 4) is 0 Å². The van der Waals surface area contributed by atoms with Crippen molar-refractivity contribution in [3.63, 3.8) is 0 Å². The second kappa shape index (κ2) is 8.97. The topological polar surface area (TPSA) is 56.4 Å². The Hall–Kier alpha value is -1.04. The van der Waals surface area contributed by atoms with Crippen LogP contribution in [-0.2, 0) is 0 Å². The van der Waals surface area contributed by atoms with Gasteiger partial charge in [0, 0.05) is 30.2 Å². The summed E-state index contributed by atoms with van der Waals surface area (Å²) in [6, 6.07) is 2.27. The molecule has 2 saturated carbocycles. The number of hydrogen-bond donors (Lipinski definition) is 3. The molecule has 2 saturated heterocycles. The quantitative estimate of drug-likeness (QED) is 0.639. The van der Waals surface area contributed by atoms with Gasteiger partial charge in [-0.25, -0.2) is 4.79 Å². The van der Waals surface area contributed by atoms with Crippen molar-refractivity contribution in [2.45, 2.75) is 120 Å². The zero-order chi connectivity index (χ0) is 18.6. The van der Waals surface area contributed by atoms with Crippen LogP contribution >= 0.6 is 12.2 Å². The van der Waals surface area contributed by atoms with Gasteiger partial charge in [-0.2, -0.15) is 0 Å². The lowest BCUT2D eigenvalue weighted by atomic mass is 9.95. The molecule has 4 rings (SSSR count). The van der Waals surface area contributed by atoms with E-state index in [0.717, 1.165) is 30.8 Å². The highest BCUT2D eigenvalue weighted by atomic mass is 32.1. The summed E-state index contributed by atoms with van der Waals surface area (Å²) in [6.07, 6.45) is 17.1. The number of amides is 2. The first-order valence-corrected chi connectivity index (χ1v) is 11.8. The fourth-order valence-corrected chi connectivity index (χ4v) is 6.25. The standard InChI is InChI=1S/C21H36N4OS/c26-20(22-15-7-3-1-4-8-15)23-17-13-18-11-12-19(14-17)25(18)21(27)24-16-9-5-2-6-10-16/h15-19H,1-14H2,(H,24,27)(H2,22,23,26). The number of rotatable bonds is 3. The third kappa shape index (κ3) is 4.87. The molecular formula is C21H36N4OS. The van der Waals surface area contributed by atoms with E-state index in [-0.39, 0.29) is 6.03 Å². The summed E-state index contributed by atoms with van der Waals surface area (Å²) in [6.45, 7) is 0. The first-order chi connectivity index (χ1) is 13.2. The number of nitrogens with zero attached hydrogens (tertiary/aromatic N) is 1. The van der Waals surface area contributed by atoms with Gasteiger partial charge in [0.25, 0.3) is 0 Å². The first kappa shape index (κ1) is 19.3. The number of piperidine rings is 1. The van der Waals surface area contributed by atoms with Gasteiger partial charge < -0.3 is 20.9 Å². The van der Waals surface area contributed by atoms with Gasteiger partial charge in [-0.3, -0.25) is 0 Å². The number of thiocarbonyl (C=S) groups is 1. The molecule has 27 heavy (non-hydrogen) atoms. The molecule has 0 spiro atoms. The van der Waals surface area contributed by atoms with Crippen LogP contribution in [0.3, 0.4) is 0 Å². The Bertz CT molecular complexity index is 516. The fraction of sp³-hybridized carbons (Fsp3) is 0.905. The minimum Gasteiger partial charge on any atom is -0.360 e. The lowest BCUT2D eigenvalue weighted by Gasteiger charge is -2.42.